The van der Waals surface area contributed by atoms with Crippen LogP contribution in [0.1, 0.15) is 6.92 Å². The first-order valence-corrected chi connectivity index (χ1v) is 16.4. The number of hydrogen-bond donors (Lipinski definition) is 12. The van der Waals surface area contributed by atoms with E-state index in [4.69, 9.17) is 32.8 Å². The second kappa shape index (κ2) is 15.6. The van der Waals surface area contributed by atoms with E-state index < -0.39 is 128 Å². The van der Waals surface area contributed by atoms with Crippen molar-refractivity contribution in [3.05, 3.63) is 46.6 Å². The molecule has 0 spiro atoms. The predicted molar refractivity (Wildman–Crippen MR) is 171 cm³/mol. The van der Waals surface area contributed by atoms with E-state index >= 15 is 0 Å². The van der Waals surface area contributed by atoms with Crippen LogP contribution >= 0.6 is 0 Å². The monoisotopic (exact) mass is 756 g/mol. The van der Waals surface area contributed by atoms with Gasteiger partial charge in [-0.1, -0.05) is 0 Å². The van der Waals surface area contributed by atoms with Crippen molar-refractivity contribution in [2.45, 2.75) is 99.0 Å². The molecule has 12 N–H and O–H groups in total. The smallest absolute Gasteiger partial charge is 0.239 e. The Morgan fingerprint density at radius 1 is 0.660 bits per heavy atom. The fourth-order valence-electron chi connectivity index (χ4n) is 6.14. The van der Waals surface area contributed by atoms with Gasteiger partial charge in [-0.15, -0.1) is 0 Å². The SMILES string of the molecule is C[C@@H]1O[C@H](OC[C@H]2O[C@@H](Oc3c(-c4ccc(O)cc4)oc4cc(O[C@@H]5O[C@H](CO)[C@@H](O)[C@H](O)[C@H]5O)cc(O)c4c3=O)[C@H](O)[C@@H](O)[C@H]2O)[C@H](O)[C@H](O)[C@H]1O. The zero-order chi connectivity index (χ0) is 38.5. The van der Waals surface area contributed by atoms with Crippen molar-refractivity contribution in [3.8, 4) is 34.3 Å². The Hall–Kier alpha value is -3.71. The van der Waals surface area contributed by atoms with Crippen LogP contribution in [0.15, 0.2) is 45.6 Å². The number of hydrogen-bond acceptors (Lipinski definition) is 20. The first-order valence-electron chi connectivity index (χ1n) is 16.4. The number of aromatic hydroxyl groups is 2. The highest BCUT2D eigenvalue weighted by atomic mass is 16.7. The first-order chi connectivity index (χ1) is 25.1. The van der Waals surface area contributed by atoms with Gasteiger partial charge in [-0.05, 0) is 31.2 Å². The number of aliphatic hydroxyl groups is 10. The lowest BCUT2D eigenvalue weighted by Crippen LogP contribution is -2.61. The number of fused-ring (bicyclic) bond motifs is 1. The minimum Gasteiger partial charge on any atom is -0.508 e. The lowest BCUT2D eigenvalue weighted by molar-refractivity contribution is -0.318. The van der Waals surface area contributed by atoms with E-state index in [-0.39, 0.29) is 28.4 Å². The van der Waals surface area contributed by atoms with E-state index in [2.05, 4.69) is 0 Å². The topological polar surface area (TPSA) is 328 Å². The van der Waals surface area contributed by atoms with Crippen LogP contribution in [0, 0.1) is 0 Å². The summed E-state index contributed by atoms with van der Waals surface area (Å²) >= 11 is 0. The third kappa shape index (κ3) is 7.52. The summed E-state index contributed by atoms with van der Waals surface area (Å²) in [7, 11) is 0. The number of benzene rings is 2. The van der Waals surface area contributed by atoms with Crippen molar-refractivity contribution < 1.29 is 94.1 Å². The van der Waals surface area contributed by atoms with Gasteiger partial charge in [-0.2, -0.15) is 0 Å². The number of phenolic OH excluding ortho intramolecular Hbond substituents is 2. The van der Waals surface area contributed by atoms with Gasteiger partial charge in [0.15, 0.2) is 12.1 Å². The average Bonchev–Trinajstić information content (AvgIpc) is 3.13. The standard InChI is InChI=1S/C33H40O20/c1-10-19(37)23(41)26(44)31(48-10)47-9-17-21(39)25(43)28(46)33(52-17)53-30-22(40)18-14(36)6-13(49-32-27(45)24(42)20(38)16(8-34)51-32)7-15(18)50-29(30)11-2-4-12(35)5-3-11/h2-7,10,16-17,19-21,23-28,31-39,41-46H,8-9H2,1H3/t10-,16+,17+,19-,20+,21-,23+,24-,25-,26+,27+,28+,31-,32+,33-/m0/s1. The predicted octanol–water partition coefficient (Wildman–Crippen LogP) is -3.92. The summed E-state index contributed by atoms with van der Waals surface area (Å²) < 4.78 is 39.3. The van der Waals surface area contributed by atoms with E-state index in [1.807, 2.05) is 0 Å². The molecule has 2 aromatic carbocycles. The van der Waals surface area contributed by atoms with Crippen molar-refractivity contribution >= 4 is 11.0 Å². The third-order valence-corrected chi connectivity index (χ3v) is 9.27. The van der Waals surface area contributed by atoms with Crippen LogP contribution in [0.2, 0.25) is 0 Å². The van der Waals surface area contributed by atoms with Gasteiger partial charge >= 0.3 is 0 Å². The molecule has 4 heterocycles. The van der Waals surface area contributed by atoms with Gasteiger partial charge in [0.2, 0.25) is 23.8 Å². The van der Waals surface area contributed by atoms with Crippen LogP contribution in [0.25, 0.3) is 22.3 Å². The van der Waals surface area contributed by atoms with E-state index in [1.165, 1.54) is 31.2 Å². The fraction of sp³-hybridized carbons (Fsp3) is 0.545. The van der Waals surface area contributed by atoms with Crippen LogP contribution in [-0.2, 0) is 18.9 Å². The maximum Gasteiger partial charge on any atom is 0.239 e. The van der Waals surface area contributed by atoms with Crippen LogP contribution in [-0.4, -0.2) is 167 Å². The summed E-state index contributed by atoms with van der Waals surface area (Å²) in [6, 6.07) is 7.20. The summed E-state index contributed by atoms with van der Waals surface area (Å²) in [5.74, 6) is -2.21. The molecule has 3 aromatic rings. The maximum absolute atomic E-state index is 14.0. The minimum absolute atomic E-state index is 0.112. The summed E-state index contributed by atoms with van der Waals surface area (Å²) in [5.41, 5.74) is -1.26. The summed E-state index contributed by atoms with van der Waals surface area (Å²) in [6.45, 7) is 0.0485. The number of ether oxygens (including phenoxy) is 6. The van der Waals surface area contributed by atoms with Crippen LogP contribution < -0.4 is 14.9 Å². The average molecular weight is 757 g/mol. The highest BCUT2D eigenvalue weighted by molar-refractivity contribution is 5.88. The lowest BCUT2D eigenvalue weighted by Gasteiger charge is -2.42. The molecule has 0 saturated carbocycles. The molecule has 0 bridgehead atoms. The molecular weight excluding hydrogens is 716 g/mol. The van der Waals surface area contributed by atoms with Crippen molar-refractivity contribution in [1.29, 1.82) is 0 Å². The second-order valence-corrected chi connectivity index (χ2v) is 12.9. The molecule has 0 aliphatic carbocycles. The Balaban J connectivity index is 1.32. The molecule has 6 rings (SSSR count). The van der Waals surface area contributed by atoms with E-state index in [1.54, 1.807) is 0 Å². The Labute approximate surface area is 298 Å². The van der Waals surface area contributed by atoms with Crippen molar-refractivity contribution in [1.82, 2.24) is 0 Å². The van der Waals surface area contributed by atoms with E-state index in [9.17, 15) is 66.1 Å². The summed E-state index contributed by atoms with van der Waals surface area (Å²) in [5, 5.41) is 123. The summed E-state index contributed by atoms with van der Waals surface area (Å²) in [6.07, 6.45) is -24.7. The normalized spacial score (nSPS) is 37.8. The molecule has 20 heteroatoms. The van der Waals surface area contributed by atoms with Gasteiger partial charge in [0, 0.05) is 17.7 Å². The molecule has 1 aromatic heterocycles. The van der Waals surface area contributed by atoms with Gasteiger partial charge in [-0.3, -0.25) is 4.79 Å². The van der Waals surface area contributed by atoms with Crippen molar-refractivity contribution in [2.24, 2.45) is 0 Å². The quantitative estimate of drug-likeness (QED) is 0.0992. The highest BCUT2D eigenvalue weighted by Crippen LogP contribution is 2.39. The highest BCUT2D eigenvalue weighted by Gasteiger charge is 2.48. The largest absolute Gasteiger partial charge is 0.508 e. The zero-order valence-electron chi connectivity index (χ0n) is 27.7. The van der Waals surface area contributed by atoms with Crippen LogP contribution in [0.3, 0.4) is 0 Å². The molecule has 3 saturated heterocycles. The Bertz CT molecular complexity index is 1780. The number of aliphatic hydroxyl groups excluding tert-OH is 10. The Morgan fingerprint density at radius 3 is 1.87 bits per heavy atom. The molecule has 15 atom stereocenters. The lowest BCUT2D eigenvalue weighted by atomic mass is 9.98. The number of phenols is 2. The van der Waals surface area contributed by atoms with Crippen LogP contribution in [0.5, 0.6) is 23.0 Å². The molecule has 3 aliphatic heterocycles. The molecular formula is C33H40O20. The second-order valence-electron chi connectivity index (χ2n) is 12.9. The Kier molecular flexibility index (Phi) is 11.5. The molecule has 53 heavy (non-hydrogen) atoms. The van der Waals surface area contributed by atoms with Crippen molar-refractivity contribution in [2.75, 3.05) is 13.2 Å². The minimum atomic E-state index is -2.00. The third-order valence-electron chi connectivity index (χ3n) is 9.27. The fourth-order valence-corrected chi connectivity index (χ4v) is 6.14. The van der Waals surface area contributed by atoms with E-state index in [0.717, 1.165) is 12.1 Å². The van der Waals surface area contributed by atoms with Gasteiger partial charge < -0.3 is 94.1 Å². The van der Waals surface area contributed by atoms with Gasteiger partial charge in [0.25, 0.3) is 0 Å². The molecule has 292 valence electrons. The molecule has 3 aliphatic rings. The molecule has 0 amide bonds. The molecule has 0 unspecified atom stereocenters. The zero-order valence-corrected chi connectivity index (χ0v) is 27.7. The van der Waals surface area contributed by atoms with Gasteiger partial charge in [0.05, 0.1) is 19.3 Å². The summed E-state index contributed by atoms with van der Waals surface area (Å²) in [4.78, 5) is 14.0. The van der Waals surface area contributed by atoms with Crippen molar-refractivity contribution in [3.63, 3.8) is 0 Å². The maximum atomic E-state index is 14.0. The molecule has 0 radical (unpaired) electrons. The van der Waals surface area contributed by atoms with Gasteiger partial charge in [0.1, 0.15) is 95.4 Å². The Morgan fingerprint density at radius 2 is 1.23 bits per heavy atom. The van der Waals surface area contributed by atoms with Crippen LogP contribution in [0.4, 0.5) is 0 Å². The molecule has 3 fully saturated rings. The molecule has 20 nitrogen and oxygen atoms in total. The van der Waals surface area contributed by atoms with Gasteiger partial charge in [-0.25, -0.2) is 0 Å². The number of rotatable bonds is 9. The van der Waals surface area contributed by atoms with E-state index in [0.29, 0.717) is 0 Å². The first kappa shape index (κ1) is 39.0.